The molecule has 16 heteroatoms. The molecule has 0 saturated carbocycles. The molecule has 66 heavy (non-hydrogen) atoms. The normalized spacial score (nSPS) is 18.6. The third kappa shape index (κ3) is 8.68. The first kappa shape index (κ1) is 43.1. The van der Waals surface area contributed by atoms with Crippen LogP contribution in [0.5, 0.6) is 5.88 Å². The minimum atomic E-state index is -0.629. The van der Waals surface area contributed by atoms with Crippen LogP contribution < -0.4 is 30.1 Å². The Labute approximate surface area is 384 Å². The maximum absolute atomic E-state index is 13.2. The van der Waals surface area contributed by atoms with Crippen molar-refractivity contribution in [3.63, 3.8) is 0 Å². The number of hydrogen-bond donors (Lipinski definition) is 2. The summed E-state index contributed by atoms with van der Waals surface area (Å²) in [6.07, 6.45) is 6.33. The molecule has 3 fully saturated rings. The molecule has 6 aromatic rings. The minimum absolute atomic E-state index is 0.211. The Morgan fingerprint density at radius 2 is 1.70 bits per heavy atom. The lowest BCUT2D eigenvalue weighted by molar-refractivity contribution is -0.134. The van der Waals surface area contributed by atoms with Gasteiger partial charge in [-0.1, -0.05) is 24.3 Å². The molecule has 0 bridgehead atoms. The molecule has 10 rings (SSSR count). The number of pyridine rings is 1. The lowest BCUT2D eigenvalue weighted by Crippen LogP contribution is -2.49. The van der Waals surface area contributed by atoms with Gasteiger partial charge >= 0.3 is 6.09 Å². The zero-order valence-corrected chi connectivity index (χ0v) is 38.3. The smallest absolute Gasteiger partial charge is 0.415 e. The average molecular weight is 892 g/mol. The number of carbonyl (C=O) groups is 3. The molecule has 4 aliphatic rings. The van der Waals surface area contributed by atoms with Gasteiger partial charge in [-0.3, -0.25) is 29.4 Å². The van der Waals surface area contributed by atoms with E-state index in [2.05, 4.69) is 71.7 Å². The van der Waals surface area contributed by atoms with E-state index in [0.29, 0.717) is 49.4 Å². The van der Waals surface area contributed by atoms with Gasteiger partial charge in [-0.15, -0.1) is 0 Å². The fourth-order valence-corrected chi connectivity index (χ4v) is 9.99. The van der Waals surface area contributed by atoms with E-state index in [9.17, 15) is 14.4 Å². The number of ether oxygens (including phenoxy) is 2. The van der Waals surface area contributed by atoms with Gasteiger partial charge in [0.15, 0.2) is 0 Å². The van der Waals surface area contributed by atoms with Crippen molar-refractivity contribution in [2.75, 3.05) is 79.0 Å². The van der Waals surface area contributed by atoms with Crippen LogP contribution in [0.4, 0.5) is 33.5 Å². The lowest BCUT2D eigenvalue weighted by atomic mass is 9.92. The maximum atomic E-state index is 13.2. The second kappa shape index (κ2) is 17.5. The van der Waals surface area contributed by atoms with E-state index in [0.717, 1.165) is 114 Å². The molecule has 0 radical (unpaired) electrons. The van der Waals surface area contributed by atoms with Gasteiger partial charge < -0.3 is 24.6 Å². The molecule has 4 aliphatic heterocycles. The minimum Gasteiger partial charge on any atom is -0.474 e. The Kier molecular flexibility index (Phi) is 11.4. The van der Waals surface area contributed by atoms with Crippen molar-refractivity contribution in [2.45, 2.75) is 64.9 Å². The Bertz CT molecular complexity index is 2820. The molecule has 342 valence electrons. The third-order valence-electron chi connectivity index (χ3n) is 13.4. The van der Waals surface area contributed by atoms with Crippen molar-refractivity contribution >= 4 is 68.4 Å². The monoisotopic (exact) mass is 891 g/mol. The summed E-state index contributed by atoms with van der Waals surface area (Å²) in [6, 6.07) is 20.9. The molecule has 3 aromatic carbocycles. The number of carbonyl (C=O) groups excluding carboxylic acids is 3. The summed E-state index contributed by atoms with van der Waals surface area (Å²) in [5.41, 5.74) is 8.53. The molecule has 3 saturated heterocycles. The van der Waals surface area contributed by atoms with E-state index in [1.165, 1.54) is 5.69 Å². The summed E-state index contributed by atoms with van der Waals surface area (Å²) in [5, 5.41) is 12.6. The number of para-hydroxylation sites is 1. The van der Waals surface area contributed by atoms with Crippen LogP contribution in [0.3, 0.4) is 0 Å². The molecule has 0 aliphatic carbocycles. The predicted octanol–water partition coefficient (Wildman–Crippen LogP) is 7.32. The first-order valence-electron chi connectivity index (χ1n) is 23.1. The number of nitrogens with zero attached hydrogens (tertiary/aromatic N) is 9. The van der Waals surface area contributed by atoms with Crippen molar-refractivity contribution in [1.29, 1.82) is 0 Å². The molecule has 3 aromatic heterocycles. The number of rotatable bonds is 8. The van der Waals surface area contributed by atoms with Gasteiger partial charge in [-0.05, 0) is 100 Å². The van der Waals surface area contributed by atoms with Gasteiger partial charge in [0.2, 0.25) is 23.6 Å². The van der Waals surface area contributed by atoms with E-state index in [1.807, 2.05) is 69.9 Å². The van der Waals surface area contributed by atoms with Crippen LogP contribution in [0, 0.1) is 12.8 Å². The SMILES string of the molecule is Cc1c(-c2ccc3cnc(Nc4ccc(N5CCC(CN6CCN(c7cccc8c(C9CCC(=O)NC9=O)nn(C)c78)CC6)CC5)cc4)nc3c2)cnc2c1N(C(=O)OC(C)(C)C)CCO2. The van der Waals surface area contributed by atoms with Crippen LogP contribution in [-0.2, 0) is 21.4 Å². The van der Waals surface area contributed by atoms with Crippen LogP contribution in [0.15, 0.2) is 73.1 Å². The number of hydrogen-bond acceptors (Lipinski definition) is 13. The first-order valence-corrected chi connectivity index (χ1v) is 23.1. The van der Waals surface area contributed by atoms with E-state index in [4.69, 9.17) is 19.6 Å². The molecule has 1 atom stereocenters. The van der Waals surface area contributed by atoms with Gasteiger partial charge in [0.1, 0.15) is 17.9 Å². The number of nitrogens with one attached hydrogen (secondary N) is 2. The van der Waals surface area contributed by atoms with Crippen LogP contribution in [0.2, 0.25) is 0 Å². The number of anilines is 5. The van der Waals surface area contributed by atoms with Crippen LogP contribution >= 0.6 is 0 Å². The summed E-state index contributed by atoms with van der Waals surface area (Å²) in [7, 11) is 1.95. The number of aryl methyl sites for hydroxylation is 1. The van der Waals surface area contributed by atoms with Crippen molar-refractivity contribution in [1.82, 2.24) is 34.9 Å². The highest BCUT2D eigenvalue weighted by Crippen LogP contribution is 2.40. The largest absolute Gasteiger partial charge is 0.474 e. The van der Waals surface area contributed by atoms with E-state index >= 15 is 0 Å². The highest BCUT2D eigenvalue weighted by molar-refractivity contribution is 6.03. The quantitative estimate of drug-likeness (QED) is 0.146. The molecule has 16 nitrogen and oxygen atoms in total. The lowest BCUT2D eigenvalue weighted by Gasteiger charge is -2.40. The Morgan fingerprint density at radius 1 is 0.909 bits per heavy atom. The highest BCUT2D eigenvalue weighted by Gasteiger charge is 2.34. The predicted molar refractivity (Wildman–Crippen MR) is 256 cm³/mol. The number of fused-ring (bicyclic) bond motifs is 3. The van der Waals surface area contributed by atoms with Gasteiger partial charge in [-0.25, -0.2) is 19.7 Å². The van der Waals surface area contributed by atoms with Gasteiger partial charge in [0.25, 0.3) is 0 Å². The van der Waals surface area contributed by atoms with Crippen molar-refractivity contribution in [3.8, 4) is 17.0 Å². The summed E-state index contributed by atoms with van der Waals surface area (Å²) in [5.74, 6) is 0.707. The molecule has 2 N–H and O–H groups in total. The molecular weight excluding hydrogens is 835 g/mol. The van der Waals surface area contributed by atoms with E-state index < -0.39 is 17.6 Å². The van der Waals surface area contributed by atoms with Crippen molar-refractivity contribution < 1.29 is 23.9 Å². The van der Waals surface area contributed by atoms with Crippen LogP contribution in [0.25, 0.3) is 32.9 Å². The summed E-state index contributed by atoms with van der Waals surface area (Å²) in [6.45, 7) is 15.3. The highest BCUT2D eigenvalue weighted by atomic mass is 16.6. The Morgan fingerprint density at radius 3 is 2.45 bits per heavy atom. The van der Waals surface area contributed by atoms with Gasteiger partial charge in [-0.2, -0.15) is 5.10 Å². The fourth-order valence-electron chi connectivity index (χ4n) is 9.99. The first-order chi connectivity index (χ1) is 31.8. The van der Waals surface area contributed by atoms with Crippen LogP contribution in [-0.4, -0.2) is 112 Å². The molecule has 1 unspecified atom stereocenters. The zero-order chi connectivity index (χ0) is 45.7. The number of imide groups is 1. The number of amides is 3. The zero-order valence-electron chi connectivity index (χ0n) is 38.3. The molecule has 7 heterocycles. The topological polar surface area (TPSA) is 163 Å². The fraction of sp³-hybridized carbons (Fsp3) is 0.420. The molecule has 3 amide bonds. The van der Waals surface area contributed by atoms with E-state index in [-0.39, 0.29) is 11.8 Å². The summed E-state index contributed by atoms with van der Waals surface area (Å²) >= 11 is 0. The number of benzene rings is 3. The maximum Gasteiger partial charge on any atom is 0.415 e. The van der Waals surface area contributed by atoms with Gasteiger partial charge in [0.05, 0.1) is 34.9 Å². The second-order valence-electron chi connectivity index (χ2n) is 19.0. The number of aromatic nitrogens is 5. The Hall–Kier alpha value is -6.81. The number of piperazine rings is 1. The van der Waals surface area contributed by atoms with E-state index in [1.54, 1.807) is 11.1 Å². The summed E-state index contributed by atoms with van der Waals surface area (Å²) < 4.78 is 13.5. The van der Waals surface area contributed by atoms with Gasteiger partial charge in [0, 0.05) is 99.4 Å². The second-order valence-corrected chi connectivity index (χ2v) is 19.0. The van der Waals surface area contributed by atoms with Crippen LogP contribution in [0.1, 0.15) is 63.6 Å². The number of piperidine rings is 2. The summed E-state index contributed by atoms with van der Waals surface area (Å²) in [4.78, 5) is 61.0. The Balaban J connectivity index is 0.732. The van der Waals surface area contributed by atoms with Crippen molar-refractivity contribution in [3.05, 3.63) is 84.3 Å². The molecular formula is C50H57N11O5. The molecule has 0 spiro atoms. The standard InChI is InChI=1S/C50H57N11O5/c1-31-39(29-51-47-44(31)61(25-26-65-47)49(64)66-50(2,3)4)33-9-10-34-28-52-48(54-40(34)27-33)53-35-11-13-36(14-12-35)59-19-17-32(18-20-59)30-58-21-23-60(24-22-58)41-8-6-7-37-43(56-57(5)45(37)41)38-15-16-42(62)55-46(38)63/h6-14,27-29,32,38H,15-26,30H2,1-5H3,(H,52,53,54)(H,55,62,63). The third-order valence-corrected chi connectivity index (χ3v) is 13.4. The van der Waals surface area contributed by atoms with Crippen molar-refractivity contribution in [2.24, 2.45) is 13.0 Å². The average Bonchev–Trinajstić information content (AvgIpc) is 3.64.